The third-order valence-corrected chi connectivity index (χ3v) is 5.23. The number of carbonyl (C=O) groups excluding carboxylic acids is 2. The molecule has 0 saturated heterocycles. The highest BCUT2D eigenvalue weighted by molar-refractivity contribution is 6.11. The van der Waals surface area contributed by atoms with Gasteiger partial charge in [0.25, 0.3) is 17.5 Å². The highest BCUT2D eigenvalue weighted by Gasteiger charge is 2.22. The van der Waals surface area contributed by atoms with Gasteiger partial charge in [0.15, 0.2) is 11.5 Å². The number of nitrogens with one attached hydrogen (secondary N) is 2. The van der Waals surface area contributed by atoms with Gasteiger partial charge in [-0.1, -0.05) is 12.1 Å². The standard InChI is InChI=1S/C26H25N3O8/c1-34-18-11-9-16(10-12-18)25(30)28-20(26(31)27-19-7-5-6-8-22(19)35-2)13-17-14-23(36-3)24(37-4)15-21(17)29(32)33/h5-15H,1-4H3,(H,27,31)(H,28,30)/b20-13+. The summed E-state index contributed by atoms with van der Waals surface area (Å²) in [5.41, 5.74) is -0.0520. The fraction of sp³-hybridized carbons (Fsp3) is 0.154. The highest BCUT2D eigenvalue weighted by Crippen LogP contribution is 2.35. The molecule has 3 rings (SSSR count). The first-order valence-electron chi connectivity index (χ1n) is 10.8. The molecule has 0 saturated carbocycles. The van der Waals surface area contributed by atoms with E-state index in [0.29, 0.717) is 17.2 Å². The Morgan fingerprint density at radius 1 is 0.838 bits per heavy atom. The summed E-state index contributed by atoms with van der Waals surface area (Å²) in [6.07, 6.45) is 1.19. The molecule has 0 unspecified atom stereocenters. The Hall–Kier alpha value is -5.06. The number of nitro groups is 1. The fourth-order valence-electron chi connectivity index (χ4n) is 3.35. The van der Waals surface area contributed by atoms with E-state index < -0.39 is 16.7 Å². The van der Waals surface area contributed by atoms with Gasteiger partial charge < -0.3 is 29.6 Å². The van der Waals surface area contributed by atoms with Crippen molar-refractivity contribution in [1.82, 2.24) is 5.32 Å². The van der Waals surface area contributed by atoms with Crippen LogP contribution in [0.3, 0.4) is 0 Å². The maximum Gasteiger partial charge on any atom is 0.280 e. The van der Waals surface area contributed by atoms with E-state index in [1.807, 2.05) is 0 Å². The average Bonchev–Trinajstić information content (AvgIpc) is 2.92. The Labute approximate surface area is 212 Å². The second-order valence-corrected chi connectivity index (χ2v) is 7.42. The molecule has 0 fully saturated rings. The SMILES string of the molecule is COc1ccc(C(=O)N/C(=C/c2cc(OC)c(OC)cc2[N+](=O)[O-])C(=O)Nc2ccccc2OC)cc1. The number of hydrogen-bond acceptors (Lipinski definition) is 8. The summed E-state index contributed by atoms with van der Waals surface area (Å²) in [5, 5.41) is 17.0. The molecule has 0 aromatic heterocycles. The fourth-order valence-corrected chi connectivity index (χ4v) is 3.35. The maximum atomic E-state index is 13.3. The van der Waals surface area contributed by atoms with E-state index in [-0.39, 0.29) is 34.0 Å². The van der Waals surface area contributed by atoms with Crippen molar-refractivity contribution >= 4 is 29.3 Å². The largest absolute Gasteiger partial charge is 0.497 e. The zero-order valence-corrected chi connectivity index (χ0v) is 20.6. The van der Waals surface area contributed by atoms with Crippen LogP contribution in [0.2, 0.25) is 0 Å². The Balaban J connectivity index is 2.08. The summed E-state index contributed by atoms with van der Waals surface area (Å²) in [7, 11) is 5.66. The first-order valence-corrected chi connectivity index (χ1v) is 10.8. The molecule has 0 radical (unpaired) electrons. The van der Waals surface area contributed by atoms with Crippen LogP contribution in [-0.2, 0) is 4.79 Å². The molecule has 11 heteroatoms. The highest BCUT2D eigenvalue weighted by atomic mass is 16.6. The molecule has 37 heavy (non-hydrogen) atoms. The lowest BCUT2D eigenvalue weighted by Crippen LogP contribution is -2.30. The molecular formula is C26H25N3O8. The van der Waals surface area contributed by atoms with Crippen molar-refractivity contribution in [3.8, 4) is 23.0 Å². The summed E-state index contributed by atoms with van der Waals surface area (Å²) < 4.78 is 20.8. The number of amides is 2. The second-order valence-electron chi connectivity index (χ2n) is 7.42. The summed E-state index contributed by atoms with van der Waals surface area (Å²) in [6.45, 7) is 0. The lowest BCUT2D eigenvalue weighted by molar-refractivity contribution is -0.385. The number of rotatable bonds is 10. The topological polar surface area (TPSA) is 138 Å². The Morgan fingerprint density at radius 3 is 2.05 bits per heavy atom. The van der Waals surface area contributed by atoms with Crippen LogP contribution in [0.4, 0.5) is 11.4 Å². The quantitative estimate of drug-likeness (QED) is 0.238. The van der Waals surface area contributed by atoms with Gasteiger partial charge in [-0.05, 0) is 48.5 Å². The lowest BCUT2D eigenvalue weighted by Gasteiger charge is -2.14. The van der Waals surface area contributed by atoms with Gasteiger partial charge in [0, 0.05) is 5.56 Å². The van der Waals surface area contributed by atoms with E-state index in [1.165, 1.54) is 58.8 Å². The zero-order chi connectivity index (χ0) is 26.9. The number of para-hydroxylation sites is 2. The van der Waals surface area contributed by atoms with Gasteiger partial charge in [-0.2, -0.15) is 0 Å². The number of nitro benzene ring substituents is 1. The van der Waals surface area contributed by atoms with Gasteiger partial charge in [0.2, 0.25) is 0 Å². The number of anilines is 1. The van der Waals surface area contributed by atoms with E-state index in [4.69, 9.17) is 18.9 Å². The molecule has 0 aliphatic rings. The van der Waals surface area contributed by atoms with Gasteiger partial charge in [-0.3, -0.25) is 19.7 Å². The number of benzene rings is 3. The minimum atomic E-state index is -0.740. The third kappa shape index (κ3) is 6.34. The van der Waals surface area contributed by atoms with Crippen molar-refractivity contribution in [2.75, 3.05) is 33.8 Å². The molecular weight excluding hydrogens is 482 g/mol. The van der Waals surface area contributed by atoms with Crippen molar-refractivity contribution in [1.29, 1.82) is 0 Å². The summed E-state index contributed by atoms with van der Waals surface area (Å²) in [5.74, 6) is -0.0995. The Kier molecular flexibility index (Phi) is 8.66. The van der Waals surface area contributed by atoms with Crippen LogP contribution in [0.25, 0.3) is 6.08 Å². The number of ether oxygens (including phenoxy) is 4. The van der Waals surface area contributed by atoms with Crippen LogP contribution >= 0.6 is 0 Å². The molecule has 0 heterocycles. The van der Waals surface area contributed by atoms with Crippen LogP contribution in [0.5, 0.6) is 23.0 Å². The molecule has 11 nitrogen and oxygen atoms in total. The minimum absolute atomic E-state index is 0.00265. The summed E-state index contributed by atoms with van der Waals surface area (Å²) in [6, 6.07) is 15.4. The molecule has 0 aliphatic carbocycles. The van der Waals surface area contributed by atoms with Gasteiger partial charge >= 0.3 is 0 Å². The van der Waals surface area contributed by atoms with Crippen molar-refractivity contribution in [2.45, 2.75) is 0 Å². The van der Waals surface area contributed by atoms with Crippen LogP contribution in [0.15, 0.2) is 66.4 Å². The smallest absolute Gasteiger partial charge is 0.280 e. The van der Waals surface area contributed by atoms with Crippen LogP contribution in [0.1, 0.15) is 15.9 Å². The summed E-state index contributed by atoms with van der Waals surface area (Å²) in [4.78, 5) is 37.5. The average molecular weight is 507 g/mol. The normalized spacial score (nSPS) is 10.8. The molecule has 0 aliphatic heterocycles. The molecule has 0 bridgehead atoms. The predicted molar refractivity (Wildman–Crippen MR) is 136 cm³/mol. The van der Waals surface area contributed by atoms with Crippen LogP contribution in [0, 0.1) is 10.1 Å². The second kappa shape index (κ2) is 12.1. The first-order chi connectivity index (χ1) is 17.8. The molecule has 0 atom stereocenters. The third-order valence-electron chi connectivity index (χ3n) is 5.23. The van der Waals surface area contributed by atoms with E-state index in [9.17, 15) is 19.7 Å². The Morgan fingerprint density at radius 2 is 1.46 bits per heavy atom. The van der Waals surface area contributed by atoms with E-state index in [0.717, 1.165) is 0 Å². The van der Waals surface area contributed by atoms with Crippen molar-refractivity contribution in [3.63, 3.8) is 0 Å². The van der Waals surface area contributed by atoms with E-state index in [2.05, 4.69) is 10.6 Å². The zero-order valence-electron chi connectivity index (χ0n) is 20.6. The van der Waals surface area contributed by atoms with Crippen LogP contribution in [-0.4, -0.2) is 45.2 Å². The lowest BCUT2D eigenvalue weighted by atomic mass is 10.1. The Bertz CT molecular complexity index is 1340. The first kappa shape index (κ1) is 26.5. The number of carbonyl (C=O) groups is 2. The van der Waals surface area contributed by atoms with Gasteiger partial charge in [0.05, 0.1) is 50.7 Å². The van der Waals surface area contributed by atoms with Gasteiger partial charge in [-0.15, -0.1) is 0 Å². The molecule has 0 spiro atoms. The number of methoxy groups -OCH3 is 4. The predicted octanol–water partition coefficient (Wildman–Crippen LogP) is 4.04. The molecule has 192 valence electrons. The molecule has 3 aromatic rings. The minimum Gasteiger partial charge on any atom is -0.497 e. The monoisotopic (exact) mass is 507 g/mol. The molecule has 2 N–H and O–H groups in total. The molecule has 2 amide bonds. The van der Waals surface area contributed by atoms with Crippen LogP contribution < -0.4 is 29.6 Å². The maximum absolute atomic E-state index is 13.3. The van der Waals surface area contributed by atoms with E-state index in [1.54, 1.807) is 36.4 Å². The van der Waals surface area contributed by atoms with Gasteiger partial charge in [-0.25, -0.2) is 0 Å². The molecule has 3 aromatic carbocycles. The number of hydrogen-bond donors (Lipinski definition) is 2. The van der Waals surface area contributed by atoms with Crippen molar-refractivity contribution < 1.29 is 33.5 Å². The summed E-state index contributed by atoms with van der Waals surface area (Å²) >= 11 is 0. The van der Waals surface area contributed by atoms with E-state index >= 15 is 0 Å². The van der Waals surface area contributed by atoms with Crippen molar-refractivity contribution in [2.24, 2.45) is 0 Å². The van der Waals surface area contributed by atoms with Gasteiger partial charge in [0.1, 0.15) is 17.2 Å². The van der Waals surface area contributed by atoms with Crippen molar-refractivity contribution in [3.05, 3.63) is 87.6 Å². The number of nitrogens with zero attached hydrogens (tertiary/aromatic N) is 1.